The van der Waals surface area contributed by atoms with Gasteiger partial charge in [-0.2, -0.15) is 0 Å². The first-order chi connectivity index (χ1) is 5.66. The maximum atomic E-state index is 10.9. The van der Waals surface area contributed by atoms with Crippen LogP contribution in [0.5, 0.6) is 0 Å². The van der Waals surface area contributed by atoms with E-state index in [1.165, 1.54) is 0 Å². The van der Waals surface area contributed by atoms with Crippen molar-refractivity contribution in [3.8, 4) is 0 Å². The summed E-state index contributed by atoms with van der Waals surface area (Å²) in [6, 6.07) is 0. The van der Waals surface area contributed by atoms with Gasteiger partial charge in [-0.3, -0.25) is 4.79 Å². The van der Waals surface area contributed by atoms with E-state index in [4.69, 9.17) is 4.74 Å². The fraction of sp³-hybridized carbons (Fsp3) is 0.500. The molecule has 0 atom stereocenters. The van der Waals surface area contributed by atoms with Crippen molar-refractivity contribution in [1.82, 2.24) is 0 Å². The third-order valence-corrected chi connectivity index (χ3v) is 1.26. The molecule has 0 aromatic heterocycles. The summed E-state index contributed by atoms with van der Waals surface area (Å²) in [5.41, 5.74) is 1.13. The smallest absolute Gasteiger partial charge is 0.309 e. The Morgan fingerprint density at radius 1 is 1.50 bits per heavy atom. The zero-order chi connectivity index (χ0) is 9.40. The molecule has 0 amide bonds. The number of carbonyl (C=O) groups is 1. The largest absolute Gasteiger partial charge is 0.465 e. The maximum absolute atomic E-state index is 10.9. The third kappa shape index (κ3) is 7.06. The fourth-order valence-corrected chi connectivity index (χ4v) is 0.602. The number of ether oxygens (including phenoxy) is 1. The minimum atomic E-state index is -0.168. The minimum absolute atomic E-state index is 0.168. The molecular weight excluding hydrogens is 152 g/mol. The van der Waals surface area contributed by atoms with E-state index in [1.807, 2.05) is 19.9 Å². The van der Waals surface area contributed by atoms with Crippen molar-refractivity contribution in [3.05, 3.63) is 24.3 Å². The monoisotopic (exact) mass is 168 g/mol. The number of rotatable bonds is 5. The molecule has 0 bridgehead atoms. The van der Waals surface area contributed by atoms with Crippen molar-refractivity contribution < 1.29 is 9.53 Å². The highest BCUT2D eigenvalue weighted by atomic mass is 16.5. The third-order valence-electron chi connectivity index (χ3n) is 1.26. The van der Waals surface area contributed by atoms with Gasteiger partial charge in [0.25, 0.3) is 0 Å². The Morgan fingerprint density at radius 3 is 2.67 bits per heavy atom. The molecule has 0 spiro atoms. The predicted molar refractivity (Wildman–Crippen MR) is 49.8 cm³/mol. The lowest BCUT2D eigenvalue weighted by Gasteiger charge is -1.99. The van der Waals surface area contributed by atoms with E-state index < -0.39 is 0 Å². The zero-order valence-electron chi connectivity index (χ0n) is 7.80. The summed E-state index contributed by atoms with van der Waals surface area (Å²) in [4.78, 5) is 10.9. The Bertz CT molecular complexity index is 176. The second kappa shape index (κ2) is 6.65. The van der Waals surface area contributed by atoms with E-state index in [2.05, 4.69) is 6.58 Å². The topological polar surface area (TPSA) is 26.3 Å². The molecule has 68 valence electrons. The molecule has 0 aliphatic rings. The van der Waals surface area contributed by atoms with Crippen molar-refractivity contribution in [2.45, 2.75) is 26.7 Å². The highest BCUT2D eigenvalue weighted by Gasteiger charge is 1.97. The average molecular weight is 168 g/mol. The molecule has 0 aromatic carbocycles. The second-order valence-electron chi connectivity index (χ2n) is 2.78. The van der Waals surface area contributed by atoms with Gasteiger partial charge in [0.1, 0.15) is 0 Å². The van der Waals surface area contributed by atoms with E-state index >= 15 is 0 Å². The van der Waals surface area contributed by atoms with Crippen LogP contribution in [0, 0.1) is 0 Å². The molecule has 2 nitrogen and oxygen atoms in total. The van der Waals surface area contributed by atoms with Crippen LogP contribution in [0.3, 0.4) is 0 Å². The van der Waals surface area contributed by atoms with Crippen LogP contribution in [0.25, 0.3) is 0 Å². The molecule has 0 heterocycles. The number of hydrogen-bond acceptors (Lipinski definition) is 2. The highest BCUT2D eigenvalue weighted by molar-refractivity contribution is 5.71. The first-order valence-corrected chi connectivity index (χ1v) is 4.06. The Hall–Kier alpha value is -1.05. The predicted octanol–water partition coefficient (Wildman–Crippen LogP) is 2.46. The molecule has 12 heavy (non-hydrogen) atoms. The molecule has 0 radical (unpaired) electrons. The van der Waals surface area contributed by atoms with Crippen LogP contribution in [0.15, 0.2) is 24.3 Å². The van der Waals surface area contributed by atoms with Gasteiger partial charge in [-0.25, -0.2) is 0 Å². The molecule has 0 saturated carbocycles. The average Bonchev–Trinajstić information content (AvgIpc) is 2.01. The van der Waals surface area contributed by atoms with Gasteiger partial charge in [0.05, 0.1) is 13.0 Å². The van der Waals surface area contributed by atoms with Gasteiger partial charge < -0.3 is 4.74 Å². The van der Waals surface area contributed by atoms with Gasteiger partial charge in [0.2, 0.25) is 0 Å². The van der Waals surface area contributed by atoms with Crippen LogP contribution < -0.4 is 0 Å². The van der Waals surface area contributed by atoms with Gasteiger partial charge >= 0.3 is 5.97 Å². The lowest BCUT2D eigenvalue weighted by atomic mass is 10.3. The Kier molecular flexibility index (Phi) is 6.07. The Morgan fingerprint density at radius 2 is 2.17 bits per heavy atom. The van der Waals surface area contributed by atoms with E-state index in [-0.39, 0.29) is 5.97 Å². The number of carbonyl (C=O) groups excluding carboxylic acids is 1. The van der Waals surface area contributed by atoms with E-state index in [1.54, 1.807) is 6.08 Å². The first-order valence-electron chi connectivity index (χ1n) is 4.06. The van der Waals surface area contributed by atoms with Gasteiger partial charge in [-0.1, -0.05) is 17.7 Å². The normalized spacial score (nSPS) is 8.83. The molecular formula is C10H16O2. The van der Waals surface area contributed by atoms with Crippen LogP contribution in [0.4, 0.5) is 0 Å². The molecule has 2 heteroatoms. The van der Waals surface area contributed by atoms with Crippen LogP contribution >= 0.6 is 0 Å². The number of hydrogen-bond donors (Lipinski definition) is 0. The molecule has 0 aliphatic heterocycles. The Balaban J connectivity index is 3.47. The van der Waals surface area contributed by atoms with Gasteiger partial charge in [0, 0.05) is 0 Å². The quantitative estimate of drug-likeness (QED) is 0.358. The van der Waals surface area contributed by atoms with Crippen molar-refractivity contribution in [1.29, 1.82) is 0 Å². The van der Waals surface area contributed by atoms with E-state index in [9.17, 15) is 4.79 Å². The van der Waals surface area contributed by atoms with Crippen LogP contribution in [-0.4, -0.2) is 12.6 Å². The molecule has 0 fully saturated rings. The lowest BCUT2D eigenvalue weighted by molar-refractivity contribution is -0.142. The molecule has 0 saturated heterocycles. The lowest BCUT2D eigenvalue weighted by Crippen LogP contribution is -2.03. The minimum Gasteiger partial charge on any atom is -0.465 e. The molecule has 0 unspecified atom stereocenters. The summed E-state index contributed by atoms with van der Waals surface area (Å²) in [5, 5.41) is 0. The van der Waals surface area contributed by atoms with Crippen molar-refractivity contribution in [3.63, 3.8) is 0 Å². The number of esters is 1. The van der Waals surface area contributed by atoms with Crippen LogP contribution in [0.2, 0.25) is 0 Å². The van der Waals surface area contributed by atoms with E-state index in [0.29, 0.717) is 13.0 Å². The van der Waals surface area contributed by atoms with Crippen LogP contribution in [-0.2, 0) is 9.53 Å². The highest BCUT2D eigenvalue weighted by Crippen LogP contribution is 1.95. The van der Waals surface area contributed by atoms with Gasteiger partial charge in [-0.15, -0.1) is 6.58 Å². The summed E-state index contributed by atoms with van der Waals surface area (Å²) in [7, 11) is 0. The number of allylic oxidation sites excluding steroid dienone is 1. The van der Waals surface area contributed by atoms with Crippen molar-refractivity contribution in [2.75, 3.05) is 6.61 Å². The summed E-state index contributed by atoms with van der Waals surface area (Å²) in [5.74, 6) is -0.168. The van der Waals surface area contributed by atoms with Crippen molar-refractivity contribution >= 4 is 5.97 Å². The zero-order valence-corrected chi connectivity index (χ0v) is 7.80. The Labute approximate surface area is 73.9 Å². The van der Waals surface area contributed by atoms with Crippen LogP contribution in [0.1, 0.15) is 26.7 Å². The SMILES string of the molecule is C=CCCOC(=O)CC=C(C)C. The maximum Gasteiger partial charge on any atom is 0.309 e. The summed E-state index contributed by atoms with van der Waals surface area (Å²) < 4.78 is 4.88. The molecule has 0 N–H and O–H groups in total. The molecule has 0 aliphatic carbocycles. The summed E-state index contributed by atoms with van der Waals surface area (Å²) >= 11 is 0. The second-order valence-corrected chi connectivity index (χ2v) is 2.78. The molecule has 0 aromatic rings. The van der Waals surface area contributed by atoms with Gasteiger partial charge in [-0.05, 0) is 20.3 Å². The van der Waals surface area contributed by atoms with E-state index in [0.717, 1.165) is 12.0 Å². The summed E-state index contributed by atoms with van der Waals surface area (Å²) in [6.07, 6.45) is 4.68. The first kappa shape index (κ1) is 11.0. The van der Waals surface area contributed by atoms with Crippen molar-refractivity contribution in [2.24, 2.45) is 0 Å². The summed E-state index contributed by atoms with van der Waals surface area (Å²) in [6.45, 7) is 7.88. The molecule has 0 rings (SSSR count). The van der Waals surface area contributed by atoms with Gasteiger partial charge in [0.15, 0.2) is 0 Å². The fourth-order valence-electron chi connectivity index (χ4n) is 0.602. The standard InChI is InChI=1S/C10H16O2/c1-4-5-8-12-10(11)7-6-9(2)3/h4,6H,1,5,7-8H2,2-3H3.